The van der Waals surface area contributed by atoms with Gasteiger partial charge in [-0.2, -0.15) is 9.47 Å². The Morgan fingerprint density at radius 1 is 1.04 bits per heavy atom. The second-order valence-electron chi connectivity index (χ2n) is 5.40. The summed E-state index contributed by atoms with van der Waals surface area (Å²) in [5, 5.41) is 7.92. The van der Waals surface area contributed by atoms with Crippen molar-refractivity contribution in [3.8, 4) is 21.6 Å². The highest BCUT2D eigenvalue weighted by molar-refractivity contribution is 7.10. The van der Waals surface area contributed by atoms with E-state index in [4.69, 9.17) is 5.73 Å². The largest absolute Gasteiger partial charge is 0.325 e. The number of nitrogens with two attached hydrogens (primary N) is 1. The quantitative estimate of drug-likeness (QED) is 0.603. The Morgan fingerprint density at radius 2 is 1.88 bits per heavy atom. The Morgan fingerprint density at radius 3 is 2.67 bits per heavy atom. The van der Waals surface area contributed by atoms with Crippen molar-refractivity contribution in [1.29, 1.82) is 0 Å². The minimum atomic E-state index is -0.208. The molecule has 5 nitrogen and oxygen atoms in total. The smallest absolute Gasteiger partial charge is 0.272 e. The zero-order valence-corrected chi connectivity index (χ0v) is 13.5. The predicted octanol–water partition coefficient (Wildman–Crippen LogP) is 3.17. The summed E-state index contributed by atoms with van der Waals surface area (Å²) in [7, 11) is 0. The third kappa shape index (κ3) is 2.42. The van der Waals surface area contributed by atoms with Crippen LogP contribution in [0.2, 0.25) is 0 Å². The molecule has 2 aromatic heterocycles. The van der Waals surface area contributed by atoms with E-state index in [0.29, 0.717) is 11.1 Å². The average Bonchev–Trinajstić information content (AvgIpc) is 3.12. The number of aromatic amines is 1. The Kier molecular flexibility index (Phi) is 3.68. The van der Waals surface area contributed by atoms with E-state index in [-0.39, 0.29) is 12.1 Å². The molecule has 0 aliphatic carbocycles. The lowest BCUT2D eigenvalue weighted by Gasteiger charge is -2.07. The van der Waals surface area contributed by atoms with Crippen LogP contribution in [0.15, 0.2) is 59.5 Å². The van der Waals surface area contributed by atoms with Crippen molar-refractivity contribution in [3.05, 3.63) is 70.8 Å². The molecule has 4 aromatic rings. The molecule has 6 heteroatoms. The maximum atomic E-state index is 12.0. The summed E-state index contributed by atoms with van der Waals surface area (Å²) >= 11 is 1.46. The Labute approximate surface area is 142 Å². The standard InChI is InChI=1S/C18H14N4OS/c19-9-16-14-8-12(6-7-13(14)18(23)22-21-16)15-10-20-24-17(15)11-4-2-1-3-5-11/h1-8,10H,9,19H2,(H,22,23). The molecule has 0 fully saturated rings. The molecular weight excluding hydrogens is 320 g/mol. The van der Waals surface area contributed by atoms with Crippen molar-refractivity contribution in [2.45, 2.75) is 6.54 Å². The SMILES string of the molecule is NCc1n[nH]c(=O)c2ccc(-c3cnsc3-c3ccccc3)cc12. The topological polar surface area (TPSA) is 84.7 Å². The summed E-state index contributed by atoms with van der Waals surface area (Å²) in [6.07, 6.45) is 1.86. The van der Waals surface area contributed by atoms with Gasteiger partial charge in [0.1, 0.15) is 0 Å². The van der Waals surface area contributed by atoms with Gasteiger partial charge in [0.2, 0.25) is 0 Å². The molecule has 0 saturated carbocycles. The van der Waals surface area contributed by atoms with E-state index < -0.39 is 0 Å². The van der Waals surface area contributed by atoms with E-state index in [2.05, 4.69) is 26.7 Å². The lowest BCUT2D eigenvalue weighted by molar-refractivity contribution is 0.900. The maximum absolute atomic E-state index is 12.0. The number of fused-ring (bicyclic) bond motifs is 1. The van der Waals surface area contributed by atoms with E-state index in [1.54, 1.807) is 0 Å². The van der Waals surface area contributed by atoms with E-state index in [9.17, 15) is 4.79 Å². The molecule has 0 atom stereocenters. The summed E-state index contributed by atoms with van der Waals surface area (Å²) in [6.45, 7) is 0.268. The highest BCUT2D eigenvalue weighted by Gasteiger charge is 2.13. The molecule has 0 saturated heterocycles. The van der Waals surface area contributed by atoms with Crippen LogP contribution in [0.1, 0.15) is 5.69 Å². The van der Waals surface area contributed by atoms with Gasteiger partial charge in [-0.15, -0.1) is 0 Å². The van der Waals surface area contributed by atoms with Gasteiger partial charge < -0.3 is 5.73 Å². The monoisotopic (exact) mass is 334 g/mol. The summed E-state index contributed by atoms with van der Waals surface area (Å²) in [6, 6.07) is 15.9. The van der Waals surface area contributed by atoms with E-state index in [0.717, 1.165) is 27.0 Å². The fourth-order valence-electron chi connectivity index (χ4n) is 2.79. The first-order chi connectivity index (χ1) is 11.8. The zero-order chi connectivity index (χ0) is 16.5. The molecule has 0 amide bonds. The molecule has 0 unspecified atom stereocenters. The molecule has 118 valence electrons. The minimum absolute atomic E-state index is 0.208. The first-order valence-electron chi connectivity index (χ1n) is 7.50. The zero-order valence-electron chi connectivity index (χ0n) is 12.7. The first-order valence-corrected chi connectivity index (χ1v) is 8.27. The number of rotatable bonds is 3. The highest BCUT2D eigenvalue weighted by atomic mass is 32.1. The van der Waals surface area contributed by atoms with Crippen molar-refractivity contribution in [2.75, 3.05) is 0 Å². The summed E-state index contributed by atoms with van der Waals surface area (Å²) in [5.41, 5.74) is 9.39. The number of aromatic nitrogens is 3. The maximum Gasteiger partial charge on any atom is 0.272 e. The van der Waals surface area contributed by atoms with Crippen LogP contribution < -0.4 is 11.3 Å². The van der Waals surface area contributed by atoms with Crippen molar-refractivity contribution in [1.82, 2.24) is 14.6 Å². The number of nitrogens with zero attached hydrogens (tertiary/aromatic N) is 2. The molecule has 0 spiro atoms. The van der Waals surface area contributed by atoms with Crippen molar-refractivity contribution in [2.24, 2.45) is 5.73 Å². The number of benzene rings is 2. The third-order valence-corrected chi connectivity index (χ3v) is 4.83. The van der Waals surface area contributed by atoms with Crippen LogP contribution in [0.5, 0.6) is 0 Å². The van der Waals surface area contributed by atoms with E-state index in [1.807, 2.05) is 42.6 Å². The Bertz CT molecular complexity index is 1070. The molecule has 3 N–H and O–H groups in total. The highest BCUT2D eigenvalue weighted by Crippen LogP contribution is 2.36. The van der Waals surface area contributed by atoms with Gasteiger partial charge in [-0.1, -0.05) is 36.4 Å². The molecular formula is C18H14N4OS. The summed E-state index contributed by atoms with van der Waals surface area (Å²) in [4.78, 5) is 13.1. The van der Waals surface area contributed by atoms with Crippen LogP contribution in [0.25, 0.3) is 32.3 Å². The van der Waals surface area contributed by atoms with Crippen LogP contribution in [-0.2, 0) is 6.54 Å². The Balaban J connectivity index is 1.93. The Hall–Kier alpha value is -2.83. The number of hydrogen-bond donors (Lipinski definition) is 2. The van der Waals surface area contributed by atoms with Gasteiger partial charge in [-0.05, 0) is 34.8 Å². The summed E-state index contributed by atoms with van der Waals surface area (Å²) in [5.74, 6) is 0. The summed E-state index contributed by atoms with van der Waals surface area (Å²) < 4.78 is 4.35. The van der Waals surface area contributed by atoms with Gasteiger partial charge >= 0.3 is 0 Å². The van der Waals surface area contributed by atoms with Crippen LogP contribution in [0, 0.1) is 0 Å². The predicted molar refractivity (Wildman–Crippen MR) is 96.8 cm³/mol. The van der Waals surface area contributed by atoms with Crippen molar-refractivity contribution < 1.29 is 0 Å². The van der Waals surface area contributed by atoms with Crippen LogP contribution in [0.3, 0.4) is 0 Å². The molecule has 0 bridgehead atoms. The van der Waals surface area contributed by atoms with Crippen molar-refractivity contribution >= 4 is 22.3 Å². The number of hydrogen-bond acceptors (Lipinski definition) is 5. The minimum Gasteiger partial charge on any atom is -0.325 e. The normalized spacial score (nSPS) is 11.0. The molecule has 0 radical (unpaired) electrons. The van der Waals surface area contributed by atoms with Crippen LogP contribution >= 0.6 is 11.5 Å². The molecule has 0 aliphatic heterocycles. The van der Waals surface area contributed by atoms with Gasteiger partial charge in [-0.3, -0.25) is 4.79 Å². The first kappa shape index (κ1) is 14.7. The third-order valence-electron chi connectivity index (χ3n) is 3.98. The van der Waals surface area contributed by atoms with Crippen LogP contribution in [0.4, 0.5) is 0 Å². The number of nitrogens with one attached hydrogen (secondary N) is 1. The van der Waals surface area contributed by atoms with Crippen molar-refractivity contribution in [3.63, 3.8) is 0 Å². The van der Waals surface area contributed by atoms with Gasteiger partial charge in [0.15, 0.2) is 0 Å². The van der Waals surface area contributed by atoms with E-state index in [1.165, 1.54) is 11.5 Å². The van der Waals surface area contributed by atoms with Gasteiger partial charge in [0, 0.05) is 23.7 Å². The average molecular weight is 334 g/mol. The fourth-order valence-corrected chi connectivity index (χ4v) is 3.56. The number of H-pyrrole nitrogens is 1. The molecule has 4 rings (SSSR count). The van der Waals surface area contributed by atoms with Crippen LogP contribution in [-0.4, -0.2) is 14.6 Å². The van der Waals surface area contributed by atoms with Gasteiger partial charge in [0.25, 0.3) is 5.56 Å². The molecule has 0 aliphatic rings. The van der Waals surface area contributed by atoms with Gasteiger partial charge in [0.05, 0.1) is 16.0 Å². The molecule has 24 heavy (non-hydrogen) atoms. The second kappa shape index (κ2) is 5.99. The van der Waals surface area contributed by atoms with E-state index >= 15 is 0 Å². The fraction of sp³-hybridized carbons (Fsp3) is 0.0556. The second-order valence-corrected chi connectivity index (χ2v) is 6.20. The lowest BCUT2D eigenvalue weighted by atomic mass is 10.00. The van der Waals surface area contributed by atoms with Gasteiger partial charge in [-0.25, -0.2) is 5.10 Å². The lowest BCUT2D eigenvalue weighted by Crippen LogP contribution is -2.13. The molecule has 2 heterocycles. The molecule has 2 aromatic carbocycles.